The minimum Gasteiger partial charge on any atom is -0.338 e. The SMILES string of the molecule is O=C(C[NH+]1CCC[C@H](c2nc3ccccc3s2)C1)N1CCCC1. The number of likely N-dealkylation sites (tertiary alicyclic amines) is 2. The van der Waals surface area contributed by atoms with Gasteiger partial charge in [-0.2, -0.15) is 0 Å². The minimum absolute atomic E-state index is 0.349. The molecule has 0 saturated carbocycles. The van der Waals surface area contributed by atoms with Crippen molar-refractivity contribution in [1.29, 1.82) is 0 Å². The van der Waals surface area contributed by atoms with Crippen LogP contribution in [-0.4, -0.2) is 48.5 Å². The molecule has 1 aromatic heterocycles. The zero-order valence-corrected chi connectivity index (χ0v) is 14.3. The fourth-order valence-electron chi connectivity index (χ4n) is 3.88. The van der Waals surface area contributed by atoms with E-state index in [0.717, 1.165) is 31.7 Å². The van der Waals surface area contributed by atoms with Crippen LogP contribution in [0, 0.1) is 0 Å². The predicted molar refractivity (Wildman–Crippen MR) is 93.0 cm³/mol. The van der Waals surface area contributed by atoms with Crippen molar-refractivity contribution in [2.24, 2.45) is 0 Å². The molecule has 1 N–H and O–H groups in total. The number of amides is 1. The molecule has 4 rings (SSSR count). The van der Waals surface area contributed by atoms with E-state index in [-0.39, 0.29) is 0 Å². The molecule has 5 heteroatoms. The van der Waals surface area contributed by atoms with E-state index >= 15 is 0 Å². The summed E-state index contributed by atoms with van der Waals surface area (Å²) in [6.07, 6.45) is 4.76. The van der Waals surface area contributed by atoms with Gasteiger partial charge >= 0.3 is 0 Å². The molecule has 1 unspecified atom stereocenters. The highest BCUT2D eigenvalue weighted by Gasteiger charge is 2.30. The largest absolute Gasteiger partial charge is 0.338 e. The molecule has 2 aliphatic rings. The highest BCUT2D eigenvalue weighted by atomic mass is 32.1. The third-order valence-electron chi connectivity index (χ3n) is 5.14. The second-order valence-corrected chi connectivity index (χ2v) is 7.89. The summed E-state index contributed by atoms with van der Waals surface area (Å²) < 4.78 is 1.28. The Hall–Kier alpha value is -1.46. The van der Waals surface area contributed by atoms with Gasteiger partial charge in [-0.1, -0.05) is 12.1 Å². The van der Waals surface area contributed by atoms with E-state index in [4.69, 9.17) is 4.98 Å². The Morgan fingerprint density at radius 1 is 1.26 bits per heavy atom. The molecule has 0 bridgehead atoms. The van der Waals surface area contributed by atoms with Gasteiger partial charge in [0.25, 0.3) is 5.91 Å². The molecule has 1 aromatic carbocycles. The summed E-state index contributed by atoms with van der Waals surface area (Å²) in [6, 6.07) is 8.39. The Bertz CT molecular complexity index is 659. The molecule has 4 nitrogen and oxygen atoms in total. The van der Waals surface area contributed by atoms with E-state index in [0.29, 0.717) is 18.4 Å². The van der Waals surface area contributed by atoms with E-state index in [1.54, 1.807) is 0 Å². The van der Waals surface area contributed by atoms with Crippen molar-refractivity contribution >= 4 is 27.5 Å². The smallest absolute Gasteiger partial charge is 0.277 e. The monoisotopic (exact) mass is 330 g/mol. The van der Waals surface area contributed by atoms with Crippen molar-refractivity contribution < 1.29 is 9.69 Å². The Morgan fingerprint density at radius 3 is 2.91 bits per heavy atom. The van der Waals surface area contributed by atoms with Gasteiger partial charge in [-0.15, -0.1) is 11.3 Å². The second kappa shape index (κ2) is 6.57. The fourth-order valence-corrected chi connectivity index (χ4v) is 4.98. The molecule has 2 aliphatic heterocycles. The maximum absolute atomic E-state index is 12.4. The number of nitrogens with one attached hydrogen (secondary N) is 1. The number of quaternary nitrogens is 1. The van der Waals surface area contributed by atoms with Crippen LogP contribution < -0.4 is 4.90 Å². The van der Waals surface area contributed by atoms with Gasteiger partial charge in [-0.25, -0.2) is 4.98 Å². The van der Waals surface area contributed by atoms with Crippen molar-refractivity contribution in [1.82, 2.24) is 9.88 Å². The number of nitrogens with zero attached hydrogens (tertiary/aromatic N) is 2. The van der Waals surface area contributed by atoms with Gasteiger partial charge in [-0.3, -0.25) is 4.79 Å². The summed E-state index contributed by atoms with van der Waals surface area (Å²) in [5, 5.41) is 1.26. The average Bonchev–Trinajstić information content (AvgIpc) is 3.24. The average molecular weight is 330 g/mol. The number of piperidine rings is 1. The van der Waals surface area contributed by atoms with E-state index in [9.17, 15) is 4.79 Å². The Balaban J connectivity index is 1.43. The van der Waals surface area contributed by atoms with Gasteiger partial charge in [-0.05, 0) is 37.8 Å². The van der Waals surface area contributed by atoms with Crippen LogP contribution in [0.2, 0.25) is 0 Å². The first-order valence-electron chi connectivity index (χ1n) is 8.76. The summed E-state index contributed by atoms with van der Waals surface area (Å²) >= 11 is 1.83. The number of hydrogen-bond donors (Lipinski definition) is 1. The number of aromatic nitrogens is 1. The number of para-hydroxylation sites is 1. The molecule has 2 aromatic rings. The summed E-state index contributed by atoms with van der Waals surface area (Å²) in [5.41, 5.74) is 1.12. The summed E-state index contributed by atoms with van der Waals surface area (Å²) in [6.45, 7) is 4.78. The molecular formula is C18H24N3OS+. The van der Waals surface area contributed by atoms with Crippen molar-refractivity contribution in [3.05, 3.63) is 29.3 Å². The third-order valence-corrected chi connectivity index (χ3v) is 6.34. The van der Waals surface area contributed by atoms with Gasteiger partial charge in [0.05, 0.1) is 29.2 Å². The van der Waals surface area contributed by atoms with Crippen molar-refractivity contribution in [3.8, 4) is 0 Å². The summed E-state index contributed by atoms with van der Waals surface area (Å²) in [7, 11) is 0. The molecular weight excluding hydrogens is 306 g/mol. The lowest BCUT2D eigenvalue weighted by Crippen LogP contribution is -3.14. The van der Waals surface area contributed by atoms with Crippen molar-refractivity contribution in [3.63, 3.8) is 0 Å². The zero-order chi connectivity index (χ0) is 15.6. The third kappa shape index (κ3) is 3.26. The van der Waals surface area contributed by atoms with Crippen LogP contribution in [0.25, 0.3) is 10.2 Å². The van der Waals surface area contributed by atoms with Crippen molar-refractivity contribution in [2.45, 2.75) is 31.6 Å². The van der Waals surface area contributed by atoms with Gasteiger partial charge in [0.1, 0.15) is 5.01 Å². The van der Waals surface area contributed by atoms with Gasteiger partial charge < -0.3 is 9.80 Å². The van der Waals surface area contributed by atoms with E-state index < -0.39 is 0 Å². The quantitative estimate of drug-likeness (QED) is 0.930. The van der Waals surface area contributed by atoms with E-state index in [2.05, 4.69) is 24.3 Å². The first-order valence-corrected chi connectivity index (χ1v) is 9.58. The first-order chi connectivity index (χ1) is 11.3. The number of carbonyl (C=O) groups is 1. The number of hydrogen-bond acceptors (Lipinski definition) is 3. The number of rotatable bonds is 3. The van der Waals surface area contributed by atoms with Crippen LogP contribution in [0.3, 0.4) is 0 Å². The normalized spacial score (nSPS) is 25.1. The lowest BCUT2D eigenvalue weighted by molar-refractivity contribution is -0.898. The molecule has 3 heterocycles. The predicted octanol–water partition coefficient (Wildman–Crippen LogP) is 1.68. The number of benzene rings is 1. The van der Waals surface area contributed by atoms with Crippen LogP contribution in [0.4, 0.5) is 0 Å². The zero-order valence-electron chi connectivity index (χ0n) is 13.5. The molecule has 0 spiro atoms. The second-order valence-electron chi connectivity index (χ2n) is 6.83. The van der Waals surface area contributed by atoms with E-state index in [1.165, 1.54) is 40.3 Å². The molecule has 2 saturated heterocycles. The molecule has 122 valence electrons. The van der Waals surface area contributed by atoms with Crippen LogP contribution >= 0.6 is 11.3 Å². The summed E-state index contributed by atoms with van der Waals surface area (Å²) in [4.78, 5) is 20.7. The Kier molecular flexibility index (Phi) is 4.31. The Morgan fingerprint density at radius 2 is 2.09 bits per heavy atom. The maximum atomic E-state index is 12.4. The van der Waals surface area contributed by atoms with Crippen LogP contribution in [0.15, 0.2) is 24.3 Å². The number of thiazole rings is 1. The summed E-state index contributed by atoms with van der Waals surface area (Å²) in [5.74, 6) is 0.866. The van der Waals surface area contributed by atoms with Crippen LogP contribution in [-0.2, 0) is 4.79 Å². The topological polar surface area (TPSA) is 37.6 Å². The lowest BCUT2D eigenvalue weighted by atomic mass is 9.99. The molecule has 0 radical (unpaired) electrons. The van der Waals surface area contributed by atoms with E-state index in [1.807, 2.05) is 16.2 Å². The highest BCUT2D eigenvalue weighted by molar-refractivity contribution is 7.18. The number of fused-ring (bicyclic) bond motifs is 1. The molecule has 23 heavy (non-hydrogen) atoms. The van der Waals surface area contributed by atoms with Crippen LogP contribution in [0.5, 0.6) is 0 Å². The number of carbonyl (C=O) groups excluding carboxylic acids is 1. The molecule has 2 fully saturated rings. The maximum Gasteiger partial charge on any atom is 0.277 e. The molecule has 2 atom stereocenters. The van der Waals surface area contributed by atoms with Gasteiger partial charge in [0.15, 0.2) is 6.54 Å². The standard InChI is InChI=1S/C18H23N3OS/c22-17(21-10-3-4-11-21)13-20-9-5-6-14(12-20)18-19-15-7-1-2-8-16(15)23-18/h1-2,7-8,14H,3-6,9-13H2/p+1/t14-/m0/s1. The first kappa shape index (κ1) is 15.1. The fraction of sp³-hybridized carbons (Fsp3) is 0.556. The van der Waals surface area contributed by atoms with Crippen molar-refractivity contribution in [2.75, 3.05) is 32.7 Å². The Labute approximate surface area is 141 Å². The van der Waals surface area contributed by atoms with Crippen LogP contribution in [0.1, 0.15) is 36.6 Å². The highest BCUT2D eigenvalue weighted by Crippen LogP contribution is 2.30. The minimum atomic E-state index is 0.349. The lowest BCUT2D eigenvalue weighted by Gasteiger charge is -2.29. The van der Waals surface area contributed by atoms with Gasteiger partial charge in [0.2, 0.25) is 0 Å². The molecule has 0 aliphatic carbocycles. The van der Waals surface area contributed by atoms with Gasteiger partial charge in [0, 0.05) is 13.1 Å². The molecule has 1 amide bonds.